The van der Waals surface area contributed by atoms with Gasteiger partial charge in [-0.05, 0) is 31.4 Å². The average molecular weight is 332 g/mol. The van der Waals surface area contributed by atoms with E-state index in [4.69, 9.17) is 9.47 Å². The van der Waals surface area contributed by atoms with E-state index in [-0.39, 0.29) is 24.5 Å². The highest BCUT2D eigenvalue weighted by Gasteiger charge is 2.31. The number of amides is 2. The molecule has 0 aliphatic carbocycles. The molecule has 6 heteroatoms. The van der Waals surface area contributed by atoms with E-state index in [0.29, 0.717) is 32.8 Å². The van der Waals surface area contributed by atoms with Gasteiger partial charge in [-0.2, -0.15) is 0 Å². The third-order valence-electron chi connectivity index (χ3n) is 4.59. The van der Waals surface area contributed by atoms with Gasteiger partial charge in [0.2, 0.25) is 0 Å². The van der Waals surface area contributed by atoms with Crippen LogP contribution in [0.2, 0.25) is 0 Å². The maximum Gasteiger partial charge on any atom is 0.260 e. The van der Waals surface area contributed by atoms with Gasteiger partial charge in [0.1, 0.15) is 11.9 Å². The van der Waals surface area contributed by atoms with Crippen LogP contribution in [0.4, 0.5) is 0 Å². The normalized spacial score (nSPS) is 21.0. The summed E-state index contributed by atoms with van der Waals surface area (Å²) in [6.45, 7) is 4.89. The molecule has 2 aliphatic heterocycles. The molecule has 2 amide bonds. The lowest BCUT2D eigenvalue weighted by Gasteiger charge is -2.35. The van der Waals surface area contributed by atoms with Crippen molar-refractivity contribution < 1.29 is 19.1 Å². The van der Waals surface area contributed by atoms with Crippen LogP contribution in [0.25, 0.3) is 0 Å². The van der Waals surface area contributed by atoms with Gasteiger partial charge in [-0.25, -0.2) is 0 Å². The van der Waals surface area contributed by atoms with E-state index >= 15 is 0 Å². The van der Waals surface area contributed by atoms with Gasteiger partial charge in [0.05, 0.1) is 0 Å². The molecule has 1 aromatic rings. The topological polar surface area (TPSA) is 59.1 Å². The van der Waals surface area contributed by atoms with Crippen molar-refractivity contribution in [3.63, 3.8) is 0 Å². The molecule has 0 aromatic heterocycles. The summed E-state index contributed by atoms with van der Waals surface area (Å²) in [5, 5.41) is 0. The van der Waals surface area contributed by atoms with Crippen LogP contribution in [0.15, 0.2) is 24.3 Å². The van der Waals surface area contributed by atoms with E-state index in [0.717, 1.165) is 24.2 Å². The minimum atomic E-state index is -0.281. The summed E-state index contributed by atoms with van der Waals surface area (Å²) in [5.74, 6) is 0.760. The summed E-state index contributed by atoms with van der Waals surface area (Å²) in [6.07, 6.45) is 1.48. The molecule has 130 valence electrons. The van der Waals surface area contributed by atoms with Gasteiger partial charge < -0.3 is 19.3 Å². The van der Waals surface area contributed by atoms with E-state index in [1.54, 1.807) is 4.90 Å². The molecule has 1 atom stereocenters. The second kappa shape index (κ2) is 7.66. The molecule has 24 heavy (non-hydrogen) atoms. The lowest BCUT2D eigenvalue weighted by Crippen LogP contribution is -2.53. The molecule has 2 aliphatic rings. The Morgan fingerprint density at radius 2 is 1.88 bits per heavy atom. The van der Waals surface area contributed by atoms with Crippen LogP contribution in [0.5, 0.6) is 5.75 Å². The molecule has 0 N–H and O–H groups in total. The van der Waals surface area contributed by atoms with Gasteiger partial charge in [0.15, 0.2) is 6.61 Å². The number of carbonyl (C=O) groups excluding carboxylic acids is 2. The highest BCUT2D eigenvalue weighted by Crippen LogP contribution is 2.17. The van der Waals surface area contributed by atoms with Gasteiger partial charge in [0, 0.05) is 32.8 Å². The molecule has 0 saturated carbocycles. The Kier molecular flexibility index (Phi) is 5.35. The molecular formula is C18H24N2O4. The molecule has 0 spiro atoms. The third-order valence-corrected chi connectivity index (χ3v) is 4.59. The van der Waals surface area contributed by atoms with Gasteiger partial charge in [-0.15, -0.1) is 0 Å². The number of aryl methyl sites for hydroxylation is 1. The molecule has 0 radical (unpaired) electrons. The summed E-state index contributed by atoms with van der Waals surface area (Å²) in [4.78, 5) is 28.2. The van der Waals surface area contributed by atoms with Crippen molar-refractivity contribution in [1.29, 1.82) is 0 Å². The maximum atomic E-state index is 12.3. The SMILES string of the molecule is Cc1ccccc1OCC(=O)N1CCN(C(=O)C2CCCO2)CC1. The first-order valence-corrected chi connectivity index (χ1v) is 8.52. The number of piperazine rings is 1. The molecule has 3 rings (SSSR count). The Hall–Kier alpha value is -2.08. The Morgan fingerprint density at radius 3 is 2.54 bits per heavy atom. The number of rotatable bonds is 4. The summed E-state index contributed by atoms with van der Waals surface area (Å²) in [5.41, 5.74) is 1.01. The van der Waals surface area contributed by atoms with Crippen LogP contribution in [0.3, 0.4) is 0 Å². The monoisotopic (exact) mass is 332 g/mol. The minimum Gasteiger partial charge on any atom is -0.484 e. The lowest BCUT2D eigenvalue weighted by molar-refractivity contribution is -0.146. The minimum absolute atomic E-state index is 0.0323. The first-order valence-electron chi connectivity index (χ1n) is 8.52. The van der Waals surface area contributed by atoms with Crippen LogP contribution < -0.4 is 4.74 Å². The number of hydrogen-bond acceptors (Lipinski definition) is 4. The summed E-state index contributed by atoms with van der Waals surface area (Å²) < 4.78 is 11.1. The fourth-order valence-electron chi connectivity index (χ4n) is 3.10. The quantitative estimate of drug-likeness (QED) is 0.832. The van der Waals surface area contributed by atoms with Crippen molar-refractivity contribution in [3.05, 3.63) is 29.8 Å². The molecule has 1 unspecified atom stereocenters. The molecule has 6 nitrogen and oxygen atoms in total. The predicted molar refractivity (Wildman–Crippen MR) is 88.8 cm³/mol. The Balaban J connectivity index is 1.45. The van der Waals surface area contributed by atoms with E-state index in [1.807, 2.05) is 36.1 Å². The van der Waals surface area contributed by atoms with Gasteiger partial charge in [-0.1, -0.05) is 18.2 Å². The van der Waals surface area contributed by atoms with E-state index in [1.165, 1.54) is 0 Å². The fraction of sp³-hybridized carbons (Fsp3) is 0.556. The Morgan fingerprint density at radius 1 is 1.17 bits per heavy atom. The van der Waals surface area contributed by atoms with Crippen LogP contribution in [0.1, 0.15) is 18.4 Å². The van der Waals surface area contributed by atoms with E-state index in [2.05, 4.69) is 0 Å². The molecule has 2 fully saturated rings. The lowest BCUT2D eigenvalue weighted by atomic mass is 10.2. The Labute approximate surface area is 142 Å². The van der Waals surface area contributed by atoms with Crippen molar-refractivity contribution >= 4 is 11.8 Å². The smallest absolute Gasteiger partial charge is 0.260 e. The number of ether oxygens (including phenoxy) is 2. The number of nitrogens with zero attached hydrogens (tertiary/aromatic N) is 2. The maximum absolute atomic E-state index is 12.3. The van der Waals surface area contributed by atoms with Crippen molar-refractivity contribution in [2.45, 2.75) is 25.9 Å². The van der Waals surface area contributed by atoms with Crippen LogP contribution >= 0.6 is 0 Å². The van der Waals surface area contributed by atoms with E-state index in [9.17, 15) is 9.59 Å². The first kappa shape index (κ1) is 16.8. The number of hydrogen-bond donors (Lipinski definition) is 0. The largest absolute Gasteiger partial charge is 0.484 e. The number of para-hydroxylation sites is 1. The molecule has 2 saturated heterocycles. The predicted octanol–water partition coefficient (Wildman–Crippen LogP) is 1.22. The first-order chi connectivity index (χ1) is 11.6. The zero-order valence-electron chi connectivity index (χ0n) is 14.1. The second-order valence-corrected chi connectivity index (χ2v) is 6.26. The van der Waals surface area contributed by atoms with Crippen LogP contribution in [-0.2, 0) is 14.3 Å². The molecular weight excluding hydrogens is 308 g/mol. The Bertz CT molecular complexity index is 590. The van der Waals surface area contributed by atoms with Crippen LogP contribution in [0, 0.1) is 6.92 Å². The van der Waals surface area contributed by atoms with Gasteiger partial charge in [0.25, 0.3) is 11.8 Å². The molecule has 0 bridgehead atoms. The van der Waals surface area contributed by atoms with Crippen molar-refractivity contribution in [1.82, 2.24) is 9.80 Å². The van der Waals surface area contributed by atoms with Crippen molar-refractivity contribution in [3.8, 4) is 5.75 Å². The highest BCUT2D eigenvalue weighted by molar-refractivity contribution is 5.82. The summed E-state index contributed by atoms with van der Waals surface area (Å²) in [7, 11) is 0. The van der Waals surface area contributed by atoms with E-state index < -0.39 is 0 Å². The van der Waals surface area contributed by atoms with Gasteiger partial charge in [-0.3, -0.25) is 9.59 Å². The number of carbonyl (C=O) groups is 2. The summed E-state index contributed by atoms with van der Waals surface area (Å²) >= 11 is 0. The molecule has 2 heterocycles. The fourth-order valence-corrected chi connectivity index (χ4v) is 3.10. The zero-order valence-corrected chi connectivity index (χ0v) is 14.1. The molecule has 1 aromatic carbocycles. The number of benzene rings is 1. The van der Waals surface area contributed by atoms with Crippen molar-refractivity contribution in [2.75, 3.05) is 39.4 Å². The van der Waals surface area contributed by atoms with Gasteiger partial charge >= 0.3 is 0 Å². The average Bonchev–Trinajstić information content (AvgIpc) is 3.15. The standard InChI is InChI=1S/C18H24N2O4/c1-14-5-2-3-6-15(14)24-13-17(21)19-8-10-20(11-9-19)18(22)16-7-4-12-23-16/h2-3,5-6,16H,4,7-13H2,1H3. The van der Waals surface area contributed by atoms with Crippen molar-refractivity contribution in [2.24, 2.45) is 0 Å². The third kappa shape index (κ3) is 3.87. The van der Waals surface area contributed by atoms with Crippen LogP contribution in [-0.4, -0.2) is 67.1 Å². The summed E-state index contributed by atoms with van der Waals surface area (Å²) in [6, 6.07) is 7.65. The zero-order chi connectivity index (χ0) is 16.9. The second-order valence-electron chi connectivity index (χ2n) is 6.26. The highest BCUT2D eigenvalue weighted by atomic mass is 16.5.